The van der Waals surface area contributed by atoms with E-state index in [1.165, 1.54) is 30.6 Å². The van der Waals surface area contributed by atoms with E-state index in [0.29, 0.717) is 28.9 Å². The van der Waals surface area contributed by atoms with E-state index in [2.05, 4.69) is 17.1 Å². The molecule has 0 spiro atoms. The van der Waals surface area contributed by atoms with E-state index in [1.54, 1.807) is 18.2 Å². The lowest BCUT2D eigenvalue weighted by atomic mass is 10.1. The quantitative estimate of drug-likeness (QED) is 0.302. The van der Waals surface area contributed by atoms with Gasteiger partial charge in [0.1, 0.15) is 0 Å². The van der Waals surface area contributed by atoms with E-state index in [4.69, 9.17) is 14.0 Å². The van der Waals surface area contributed by atoms with Gasteiger partial charge in [-0.15, -0.1) is 0 Å². The maximum absolute atomic E-state index is 12.4. The number of benzene rings is 2. The van der Waals surface area contributed by atoms with Crippen molar-refractivity contribution < 1.29 is 28.7 Å². The highest BCUT2D eigenvalue weighted by atomic mass is 16.7. The molecule has 0 saturated heterocycles. The average Bonchev–Trinajstić information content (AvgIpc) is 3.54. The third-order valence-electron chi connectivity index (χ3n) is 5.86. The lowest BCUT2D eigenvalue weighted by molar-refractivity contribution is -0.148. The van der Waals surface area contributed by atoms with Gasteiger partial charge in [0.15, 0.2) is 17.3 Å². The molecule has 1 N–H and O–H groups in total. The molecule has 35 heavy (non-hydrogen) atoms. The first-order valence-electron chi connectivity index (χ1n) is 11.9. The largest absolute Gasteiger partial charge is 0.474 e. The molecule has 0 saturated carbocycles. The summed E-state index contributed by atoms with van der Waals surface area (Å²) in [5.74, 6) is -0.426. The Morgan fingerprint density at radius 3 is 2.49 bits per heavy atom. The number of carboxylic acid groups (broad SMARTS) is 1. The van der Waals surface area contributed by atoms with Crippen molar-refractivity contribution in [1.82, 2.24) is 10.1 Å². The van der Waals surface area contributed by atoms with Crippen LogP contribution in [0.3, 0.4) is 0 Å². The lowest BCUT2D eigenvalue weighted by Gasteiger charge is -2.21. The van der Waals surface area contributed by atoms with E-state index in [-0.39, 0.29) is 13.3 Å². The van der Waals surface area contributed by atoms with Crippen molar-refractivity contribution in [3.05, 3.63) is 53.9 Å². The first-order valence-corrected chi connectivity index (χ1v) is 11.9. The van der Waals surface area contributed by atoms with Crippen LogP contribution in [0.25, 0.3) is 11.5 Å². The number of carbonyl (C=O) groups is 2. The maximum atomic E-state index is 12.4. The minimum absolute atomic E-state index is 0.0676. The van der Waals surface area contributed by atoms with E-state index in [0.717, 1.165) is 30.4 Å². The van der Waals surface area contributed by atoms with E-state index >= 15 is 0 Å². The number of rotatable bonds is 11. The SMILES string of the molecule is CCCCCCCCc1noc(-c2ccc(CN(C(=O)C(=O)O)c3ccc4c(c3)OCO4)cc2)n1. The Morgan fingerprint density at radius 2 is 1.71 bits per heavy atom. The van der Waals surface area contributed by atoms with Gasteiger partial charge < -0.3 is 19.1 Å². The number of carboxylic acids is 1. The Morgan fingerprint density at radius 1 is 0.971 bits per heavy atom. The normalized spacial score (nSPS) is 12.0. The molecule has 9 nitrogen and oxygen atoms in total. The van der Waals surface area contributed by atoms with Gasteiger partial charge in [0.05, 0.1) is 6.54 Å². The van der Waals surface area contributed by atoms with Crippen LogP contribution >= 0.6 is 0 Å². The van der Waals surface area contributed by atoms with Crippen molar-refractivity contribution in [3.8, 4) is 23.0 Å². The van der Waals surface area contributed by atoms with Gasteiger partial charge in [0, 0.05) is 23.7 Å². The van der Waals surface area contributed by atoms with Crippen LogP contribution < -0.4 is 14.4 Å². The van der Waals surface area contributed by atoms with Gasteiger partial charge >= 0.3 is 11.9 Å². The van der Waals surface area contributed by atoms with Gasteiger partial charge in [0.25, 0.3) is 5.89 Å². The van der Waals surface area contributed by atoms with Crippen LogP contribution in [0.15, 0.2) is 47.0 Å². The summed E-state index contributed by atoms with van der Waals surface area (Å²) in [4.78, 5) is 29.5. The van der Waals surface area contributed by atoms with Crippen LogP contribution in [0.4, 0.5) is 5.69 Å². The van der Waals surface area contributed by atoms with Crippen molar-refractivity contribution in [2.24, 2.45) is 0 Å². The molecular weight excluding hydrogens is 450 g/mol. The fourth-order valence-electron chi connectivity index (χ4n) is 3.92. The van der Waals surface area contributed by atoms with Gasteiger partial charge in [-0.05, 0) is 36.2 Å². The van der Waals surface area contributed by atoms with Crippen LogP contribution in [-0.4, -0.2) is 33.9 Å². The number of aryl methyl sites for hydroxylation is 1. The molecule has 3 aromatic rings. The molecule has 184 valence electrons. The molecule has 1 amide bonds. The second-order valence-corrected chi connectivity index (χ2v) is 8.46. The van der Waals surface area contributed by atoms with Crippen LogP contribution in [0.1, 0.15) is 56.8 Å². The second kappa shape index (κ2) is 11.5. The molecule has 0 fully saturated rings. The smallest absolute Gasteiger partial charge is 0.394 e. The van der Waals surface area contributed by atoms with E-state index in [1.807, 2.05) is 24.3 Å². The van der Waals surface area contributed by atoms with Gasteiger partial charge in [-0.1, -0.05) is 56.3 Å². The number of aromatic nitrogens is 2. The van der Waals surface area contributed by atoms with Crippen LogP contribution in [-0.2, 0) is 22.6 Å². The predicted molar refractivity (Wildman–Crippen MR) is 128 cm³/mol. The zero-order valence-corrected chi connectivity index (χ0v) is 19.7. The third-order valence-corrected chi connectivity index (χ3v) is 5.86. The molecule has 1 aromatic heterocycles. The number of anilines is 1. The topological polar surface area (TPSA) is 115 Å². The first-order chi connectivity index (χ1) is 17.0. The number of amides is 1. The number of unbranched alkanes of at least 4 members (excludes halogenated alkanes) is 5. The van der Waals surface area contributed by atoms with Crippen LogP contribution in [0.5, 0.6) is 11.5 Å². The predicted octanol–water partition coefficient (Wildman–Crippen LogP) is 4.99. The van der Waals surface area contributed by atoms with Gasteiger partial charge in [-0.3, -0.25) is 9.69 Å². The molecule has 0 aliphatic carbocycles. The monoisotopic (exact) mass is 479 g/mol. The summed E-state index contributed by atoms with van der Waals surface area (Å²) in [6, 6.07) is 12.1. The number of nitrogens with zero attached hydrogens (tertiary/aromatic N) is 3. The van der Waals surface area contributed by atoms with Crippen molar-refractivity contribution >= 4 is 17.6 Å². The Hall–Kier alpha value is -3.88. The number of fused-ring (bicyclic) bond motifs is 1. The number of ether oxygens (including phenoxy) is 2. The van der Waals surface area contributed by atoms with Crippen LogP contribution in [0.2, 0.25) is 0 Å². The van der Waals surface area contributed by atoms with E-state index < -0.39 is 11.9 Å². The minimum atomic E-state index is -1.54. The summed E-state index contributed by atoms with van der Waals surface area (Å²) >= 11 is 0. The molecule has 4 rings (SSSR count). The number of hydrogen-bond donors (Lipinski definition) is 1. The average molecular weight is 480 g/mol. The van der Waals surface area contributed by atoms with Gasteiger partial charge in [0.2, 0.25) is 6.79 Å². The molecule has 1 aliphatic rings. The molecule has 0 atom stereocenters. The molecule has 0 unspecified atom stereocenters. The molecular formula is C26H29N3O6. The summed E-state index contributed by atoms with van der Waals surface area (Å²) in [6.45, 7) is 2.36. The summed E-state index contributed by atoms with van der Waals surface area (Å²) in [5, 5.41) is 13.4. The molecule has 0 bridgehead atoms. The van der Waals surface area contributed by atoms with E-state index in [9.17, 15) is 14.7 Å². The summed E-state index contributed by atoms with van der Waals surface area (Å²) < 4.78 is 16.1. The van der Waals surface area contributed by atoms with Crippen molar-refractivity contribution in [3.63, 3.8) is 0 Å². The number of hydrogen-bond acceptors (Lipinski definition) is 7. The molecule has 1 aliphatic heterocycles. The zero-order chi connectivity index (χ0) is 24.6. The summed E-state index contributed by atoms with van der Waals surface area (Å²) in [5.41, 5.74) is 1.91. The fraction of sp³-hybridized carbons (Fsp3) is 0.385. The van der Waals surface area contributed by atoms with Crippen molar-refractivity contribution in [2.75, 3.05) is 11.7 Å². The first kappa shape index (κ1) is 24.3. The molecule has 0 radical (unpaired) electrons. The fourth-order valence-corrected chi connectivity index (χ4v) is 3.92. The Kier molecular flexibility index (Phi) is 7.97. The third kappa shape index (κ3) is 6.17. The van der Waals surface area contributed by atoms with Gasteiger partial charge in [-0.25, -0.2) is 4.79 Å². The Balaban J connectivity index is 1.40. The Labute approximate surface area is 203 Å². The van der Waals surface area contributed by atoms with Crippen molar-refractivity contribution in [1.29, 1.82) is 0 Å². The molecule has 2 heterocycles. The summed E-state index contributed by atoms with van der Waals surface area (Å²) in [7, 11) is 0. The highest BCUT2D eigenvalue weighted by Gasteiger charge is 2.25. The maximum Gasteiger partial charge on any atom is 0.394 e. The molecule has 9 heteroatoms. The zero-order valence-electron chi connectivity index (χ0n) is 19.7. The standard InChI is InChI=1S/C26H29N3O6/c1-2-3-4-5-6-7-8-23-27-24(35-28-23)19-11-9-18(10-12-19)16-29(25(30)26(31)32)20-13-14-21-22(15-20)34-17-33-21/h9-15H,2-8,16-17H2,1H3,(H,31,32). The second-order valence-electron chi connectivity index (χ2n) is 8.46. The number of aliphatic carboxylic acids is 1. The van der Waals surface area contributed by atoms with Crippen LogP contribution in [0, 0.1) is 0 Å². The minimum Gasteiger partial charge on any atom is -0.474 e. The highest BCUT2D eigenvalue weighted by Crippen LogP contribution is 2.36. The lowest BCUT2D eigenvalue weighted by Crippen LogP contribution is -2.36. The Bertz CT molecular complexity index is 1160. The number of carbonyl (C=O) groups excluding carboxylic acids is 1. The van der Waals surface area contributed by atoms with Crippen molar-refractivity contribution in [2.45, 2.75) is 58.4 Å². The molecule has 2 aromatic carbocycles. The van der Waals surface area contributed by atoms with Gasteiger partial charge in [-0.2, -0.15) is 4.98 Å². The summed E-state index contributed by atoms with van der Waals surface area (Å²) in [6.07, 6.45) is 8.00. The highest BCUT2D eigenvalue weighted by molar-refractivity contribution is 6.37.